The van der Waals surface area contributed by atoms with Gasteiger partial charge in [0.2, 0.25) is 0 Å². The maximum atomic E-state index is 6.14. The number of H-pyrrole nitrogens is 1. The van der Waals surface area contributed by atoms with Gasteiger partial charge in [-0.15, -0.1) is 11.3 Å². The van der Waals surface area contributed by atoms with Gasteiger partial charge in [-0.3, -0.25) is 0 Å². The molecule has 0 radical (unpaired) electrons. The Kier molecular flexibility index (Phi) is 2.71. The Bertz CT molecular complexity index is 628. The predicted molar refractivity (Wildman–Crippen MR) is 72.3 cm³/mol. The van der Waals surface area contributed by atoms with E-state index >= 15 is 0 Å². The van der Waals surface area contributed by atoms with Crippen LogP contribution in [0.2, 0.25) is 5.02 Å². The molecular weight excluding hydrogens is 252 g/mol. The lowest BCUT2D eigenvalue weighted by Gasteiger charge is -1.98. The summed E-state index contributed by atoms with van der Waals surface area (Å²) in [5.41, 5.74) is 1.83. The molecule has 17 heavy (non-hydrogen) atoms. The van der Waals surface area contributed by atoms with Crippen LogP contribution in [0.5, 0.6) is 0 Å². The maximum Gasteiger partial charge on any atom is 0.148 e. The van der Waals surface area contributed by atoms with E-state index in [9.17, 15) is 0 Å². The van der Waals surface area contributed by atoms with Gasteiger partial charge in [-0.05, 0) is 17.5 Å². The molecule has 4 heteroatoms. The van der Waals surface area contributed by atoms with Gasteiger partial charge in [0.1, 0.15) is 5.82 Å². The van der Waals surface area contributed by atoms with Crippen molar-refractivity contribution >= 4 is 22.9 Å². The summed E-state index contributed by atoms with van der Waals surface area (Å²) in [7, 11) is 0. The number of aromatic amines is 1. The second kappa shape index (κ2) is 4.35. The lowest BCUT2D eigenvalue weighted by atomic mass is 10.2. The number of benzene rings is 1. The van der Waals surface area contributed by atoms with Crippen molar-refractivity contribution in [2.75, 3.05) is 0 Å². The highest BCUT2D eigenvalue weighted by atomic mass is 35.5. The van der Waals surface area contributed by atoms with Crippen LogP contribution < -0.4 is 0 Å². The minimum absolute atomic E-state index is 0.719. The van der Waals surface area contributed by atoms with Crippen LogP contribution in [-0.4, -0.2) is 9.97 Å². The van der Waals surface area contributed by atoms with Gasteiger partial charge in [0.05, 0.1) is 15.6 Å². The molecule has 0 aliphatic carbocycles. The first-order valence-electron chi connectivity index (χ1n) is 5.19. The Morgan fingerprint density at radius 3 is 2.76 bits per heavy atom. The smallest absolute Gasteiger partial charge is 0.148 e. The molecule has 0 aliphatic rings. The summed E-state index contributed by atoms with van der Waals surface area (Å²) < 4.78 is 0. The summed E-state index contributed by atoms with van der Waals surface area (Å²) in [6.07, 6.45) is 1.89. The van der Waals surface area contributed by atoms with Gasteiger partial charge in [0.25, 0.3) is 0 Å². The number of halogens is 1. The quantitative estimate of drug-likeness (QED) is 0.724. The third-order valence-corrected chi connectivity index (χ3v) is 3.69. The standard InChI is InChI=1S/C13H9ClN2S/c14-10-5-2-1-4-9(10)11-8-15-13(16-11)12-6-3-7-17-12/h1-8H,(H,15,16). The van der Waals surface area contributed by atoms with Crippen molar-refractivity contribution in [1.82, 2.24) is 9.97 Å². The minimum atomic E-state index is 0.719. The molecule has 0 saturated heterocycles. The van der Waals surface area contributed by atoms with Crippen LogP contribution in [0.3, 0.4) is 0 Å². The van der Waals surface area contributed by atoms with Crippen LogP contribution in [0.1, 0.15) is 0 Å². The van der Waals surface area contributed by atoms with Crippen molar-refractivity contribution in [3.63, 3.8) is 0 Å². The van der Waals surface area contributed by atoms with Crippen molar-refractivity contribution in [2.45, 2.75) is 0 Å². The summed E-state index contributed by atoms with van der Waals surface area (Å²) >= 11 is 7.80. The number of rotatable bonds is 2. The third-order valence-electron chi connectivity index (χ3n) is 2.48. The van der Waals surface area contributed by atoms with E-state index in [0.29, 0.717) is 0 Å². The van der Waals surface area contributed by atoms with Crippen molar-refractivity contribution < 1.29 is 0 Å². The maximum absolute atomic E-state index is 6.14. The predicted octanol–water partition coefficient (Wildman–Crippen LogP) is 4.46. The molecule has 3 rings (SSSR count). The van der Waals surface area contributed by atoms with E-state index in [0.717, 1.165) is 27.0 Å². The number of aromatic nitrogens is 2. The van der Waals surface area contributed by atoms with Crippen molar-refractivity contribution in [1.29, 1.82) is 0 Å². The Balaban J connectivity index is 2.04. The van der Waals surface area contributed by atoms with Gasteiger partial charge < -0.3 is 4.98 Å². The zero-order chi connectivity index (χ0) is 11.7. The van der Waals surface area contributed by atoms with Crippen LogP contribution in [0, 0.1) is 0 Å². The molecule has 0 atom stereocenters. The van der Waals surface area contributed by atoms with Crippen molar-refractivity contribution in [2.24, 2.45) is 0 Å². The first kappa shape index (κ1) is 10.6. The second-order valence-electron chi connectivity index (χ2n) is 3.59. The fourth-order valence-electron chi connectivity index (χ4n) is 1.67. The van der Waals surface area contributed by atoms with E-state index in [1.54, 1.807) is 11.3 Å². The molecule has 0 fully saturated rings. The van der Waals surface area contributed by atoms with Gasteiger partial charge in [0.15, 0.2) is 0 Å². The number of nitrogens with zero attached hydrogens (tertiary/aromatic N) is 1. The molecule has 1 N–H and O–H groups in total. The topological polar surface area (TPSA) is 28.7 Å². The highest BCUT2D eigenvalue weighted by Crippen LogP contribution is 2.29. The molecule has 0 unspecified atom stereocenters. The molecule has 2 nitrogen and oxygen atoms in total. The van der Waals surface area contributed by atoms with Gasteiger partial charge in [-0.25, -0.2) is 4.98 Å². The summed E-state index contributed by atoms with van der Waals surface area (Å²) in [5.74, 6) is 0.884. The first-order valence-corrected chi connectivity index (χ1v) is 6.44. The number of nitrogens with one attached hydrogen (secondary N) is 1. The third kappa shape index (κ3) is 1.99. The van der Waals surface area contributed by atoms with E-state index in [1.165, 1.54) is 0 Å². The van der Waals surface area contributed by atoms with Crippen LogP contribution >= 0.6 is 22.9 Å². The van der Waals surface area contributed by atoms with Crippen LogP contribution in [0.4, 0.5) is 0 Å². The summed E-state index contributed by atoms with van der Waals surface area (Å²) in [5, 5.41) is 2.75. The first-order chi connectivity index (χ1) is 8.34. The number of hydrogen-bond donors (Lipinski definition) is 1. The summed E-state index contributed by atoms with van der Waals surface area (Å²) in [4.78, 5) is 8.86. The van der Waals surface area contributed by atoms with Crippen LogP contribution in [0.25, 0.3) is 22.0 Å². The molecule has 0 spiro atoms. The minimum Gasteiger partial charge on any atom is -0.343 e. The zero-order valence-electron chi connectivity index (χ0n) is 8.85. The highest BCUT2D eigenvalue weighted by molar-refractivity contribution is 7.13. The summed E-state index contributed by atoms with van der Waals surface area (Å²) in [6, 6.07) is 11.8. The average molecular weight is 261 g/mol. The Morgan fingerprint density at radius 2 is 2.00 bits per heavy atom. The second-order valence-corrected chi connectivity index (χ2v) is 4.95. The van der Waals surface area contributed by atoms with Crippen molar-refractivity contribution in [3.8, 4) is 22.0 Å². The van der Waals surface area contributed by atoms with Gasteiger partial charge in [-0.1, -0.05) is 35.9 Å². The molecule has 3 aromatic rings. The largest absolute Gasteiger partial charge is 0.343 e. The molecular formula is C13H9ClN2S. The van der Waals surface area contributed by atoms with E-state index in [4.69, 9.17) is 11.6 Å². The lowest BCUT2D eigenvalue weighted by Crippen LogP contribution is -1.79. The average Bonchev–Trinajstić information content (AvgIpc) is 3.00. The number of thiophene rings is 1. The Labute approximate surface area is 108 Å². The highest BCUT2D eigenvalue weighted by Gasteiger charge is 2.08. The van der Waals surface area contributed by atoms with E-state index in [1.807, 2.05) is 48.0 Å². The van der Waals surface area contributed by atoms with Crippen LogP contribution in [-0.2, 0) is 0 Å². The molecule has 84 valence electrons. The fourth-order valence-corrected chi connectivity index (χ4v) is 2.58. The monoisotopic (exact) mass is 260 g/mol. The Morgan fingerprint density at radius 1 is 1.12 bits per heavy atom. The van der Waals surface area contributed by atoms with Crippen LogP contribution in [0.15, 0.2) is 48.0 Å². The zero-order valence-corrected chi connectivity index (χ0v) is 10.4. The molecule has 2 heterocycles. The van der Waals surface area contributed by atoms with Gasteiger partial charge in [-0.2, -0.15) is 0 Å². The van der Waals surface area contributed by atoms with E-state index in [2.05, 4.69) is 9.97 Å². The Hall–Kier alpha value is -1.58. The van der Waals surface area contributed by atoms with Gasteiger partial charge in [0, 0.05) is 11.8 Å². The fraction of sp³-hybridized carbons (Fsp3) is 0. The van der Waals surface area contributed by atoms with E-state index < -0.39 is 0 Å². The van der Waals surface area contributed by atoms with E-state index in [-0.39, 0.29) is 0 Å². The molecule has 0 bridgehead atoms. The lowest BCUT2D eigenvalue weighted by molar-refractivity contribution is 1.33. The molecule has 0 saturated carbocycles. The molecule has 0 aliphatic heterocycles. The SMILES string of the molecule is Clc1ccccc1-c1c[nH]c(-c2cccs2)n1. The van der Waals surface area contributed by atoms with Crippen molar-refractivity contribution in [3.05, 3.63) is 53.0 Å². The number of imidazole rings is 1. The molecule has 0 amide bonds. The number of hydrogen-bond acceptors (Lipinski definition) is 2. The molecule has 2 aromatic heterocycles. The molecule has 1 aromatic carbocycles. The van der Waals surface area contributed by atoms with Gasteiger partial charge >= 0.3 is 0 Å². The normalized spacial score (nSPS) is 10.6. The summed E-state index contributed by atoms with van der Waals surface area (Å²) in [6.45, 7) is 0.